The van der Waals surface area contributed by atoms with Crippen molar-refractivity contribution in [1.82, 2.24) is 14.3 Å². The molecule has 3 heterocycles. The first-order valence-corrected chi connectivity index (χ1v) is 11.0. The molecular formula is C17H19N3O2S3. The summed E-state index contributed by atoms with van der Waals surface area (Å²) in [6.07, 6.45) is 5.52. The molecule has 132 valence electrons. The molecule has 0 radical (unpaired) electrons. The van der Waals surface area contributed by atoms with Crippen molar-refractivity contribution in [2.45, 2.75) is 24.8 Å². The van der Waals surface area contributed by atoms with Gasteiger partial charge in [0.15, 0.2) is 0 Å². The highest BCUT2D eigenvalue weighted by molar-refractivity contribution is 8.19. The zero-order chi connectivity index (χ0) is 17.6. The van der Waals surface area contributed by atoms with Gasteiger partial charge in [0, 0.05) is 18.9 Å². The number of unbranched alkanes of at least 4 members (excludes halogenated alkanes) is 1. The lowest BCUT2D eigenvalue weighted by atomic mass is 10.3. The van der Waals surface area contributed by atoms with Gasteiger partial charge in [0.1, 0.15) is 5.65 Å². The Balaban J connectivity index is 1.45. The molecule has 0 aliphatic carbocycles. The van der Waals surface area contributed by atoms with Crippen LogP contribution in [0.2, 0.25) is 0 Å². The second-order valence-electron chi connectivity index (χ2n) is 5.34. The zero-order valence-electron chi connectivity index (χ0n) is 13.9. The molecule has 2 aromatic rings. The minimum absolute atomic E-state index is 0.146. The first kappa shape index (κ1) is 18.4. The number of thioether (sulfide) groups is 3. The Bertz CT molecular complexity index is 803. The van der Waals surface area contributed by atoms with Crippen LogP contribution in [0.25, 0.3) is 5.65 Å². The molecule has 0 aromatic carbocycles. The number of hydrogen-bond donors (Lipinski definition) is 0. The molecule has 2 aromatic heterocycles. The summed E-state index contributed by atoms with van der Waals surface area (Å²) < 4.78 is 2.07. The van der Waals surface area contributed by atoms with Gasteiger partial charge < -0.3 is 0 Å². The Labute approximate surface area is 159 Å². The van der Waals surface area contributed by atoms with E-state index < -0.39 is 0 Å². The van der Waals surface area contributed by atoms with E-state index in [1.165, 1.54) is 4.90 Å². The van der Waals surface area contributed by atoms with E-state index in [1.807, 2.05) is 25.3 Å². The fraction of sp³-hybridized carbons (Fsp3) is 0.353. The fourth-order valence-corrected chi connectivity index (χ4v) is 4.93. The van der Waals surface area contributed by atoms with Gasteiger partial charge in [0.25, 0.3) is 11.1 Å². The van der Waals surface area contributed by atoms with Gasteiger partial charge in [-0.3, -0.25) is 18.9 Å². The second kappa shape index (κ2) is 8.82. The summed E-state index contributed by atoms with van der Waals surface area (Å²) in [4.78, 5) is 30.4. The molecule has 3 rings (SSSR count). The number of hydrogen-bond acceptors (Lipinski definition) is 6. The third kappa shape index (κ3) is 4.43. The van der Waals surface area contributed by atoms with Crippen LogP contribution in [0.4, 0.5) is 4.79 Å². The van der Waals surface area contributed by atoms with E-state index in [1.54, 1.807) is 35.1 Å². The minimum Gasteiger partial charge on any atom is -0.294 e. The first-order chi connectivity index (χ1) is 12.2. The normalized spacial score (nSPS) is 16.5. The van der Waals surface area contributed by atoms with Crippen LogP contribution in [0, 0.1) is 0 Å². The van der Waals surface area contributed by atoms with Crippen molar-refractivity contribution in [2.75, 3.05) is 18.1 Å². The molecule has 0 N–H and O–H groups in total. The van der Waals surface area contributed by atoms with E-state index in [0.717, 1.165) is 46.8 Å². The van der Waals surface area contributed by atoms with E-state index in [0.29, 0.717) is 11.4 Å². The number of imide groups is 1. The minimum atomic E-state index is -0.149. The number of aromatic nitrogens is 2. The van der Waals surface area contributed by atoms with Crippen LogP contribution < -0.4 is 0 Å². The highest BCUT2D eigenvalue weighted by Crippen LogP contribution is 2.32. The highest BCUT2D eigenvalue weighted by Gasteiger charge is 2.34. The highest BCUT2D eigenvalue weighted by atomic mass is 32.2. The van der Waals surface area contributed by atoms with Gasteiger partial charge in [-0.25, -0.2) is 4.98 Å². The molecule has 0 atom stereocenters. The van der Waals surface area contributed by atoms with Crippen LogP contribution in [0.5, 0.6) is 0 Å². The summed E-state index contributed by atoms with van der Waals surface area (Å²) in [5.41, 5.74) is 0.944. The second-order valence-corrected chi connectivity index (χ2v) is 8.59. The van der Waals surface area contributed by atoms with E-state index in [-0.39, 0.29) is 11.1 Å². The Morgan fingerprint density at radius 2 is 2.16 bits per heavy atom. The number of amides is 2. The molecule has 1 aliphatic heterocycles. The van der Waals surface area contributed by atoms with Crippen LogP contribution in [0.15, 0.2) is 45.9 Å². The molecule has 0 bridgehead atoms. The monoisotopic (exact) mass is 393 g/mol. The van der Waals surface area contributed by atoms with Crippen LogP contribution >= 0.6 is 35.3 Å². The molecule has 1 saturated heterocycles. The molecule has 2 amide bonds. The quantitative estimate of drug-likeness (QED) is 0.374. The molecule has 0 saturated carbocycles. The summed E-state index contributed by atoms with van der Waals surface area (Å²) in [5.74, 6) is 1.69. The summed E-state index contributed by atoms with van der Waals surface area (Å²) in [7, 11) is 0. The van der Waals surface area contributed by atoms with Gasteiger partial charge in [0.05, 0.1) is 9.93 Å². The van der Waals surface area contributed by atoms with Crippen molar-refractivity contribution >= 4 is 52.1 Å². The average molecular weight is 394 g/mol. The van der Waals surface area contributed by atoms with E-state index >= 15 is 0 Å². The SMILES string of the molecule is CCSC=C1SC(=O)N(CCCCSc2cccc3nccn23)C1=O. The van der Waals surface area contributed by atoms with Crippen LogP contribution in [-0.4, -0.2) is 43.5 Å². The number of nitrogens with zero attached hydrogens (tertiary/aromatic N) is 3. The fourth-order valence-electron chi connectivity index (χ4n) is 2.42. The standard InChI is InChI=1S/C17H19N3O2S3/c1-2-23-12-13-16(21)20(17(22)25-13)9-3-4-11-24-15-7-5-6-14-18-8-10-19(14)15/h5-8,10,12H,2-4,9,11H2,1H3. The molecule has 8 heteroatoms. The average Bonchev–Trinajstić information content (AvgIpc) is 3.19. The van der Waals surface area contributed by atoms with E-state index in [9.17, 15) is 9.59 Å². The lowest BCUT2D eigenvalue weighted by Crippen LogP contribution is -2.29. The van der Waals surface area contributed by atoms with Crippen LogP contribution in [0.3, 0.4) is 0 Å². The van der Waals surface area contributed by atoms with Gasteiger partial charge in [-0.2, -0.15) is 0 Å². The Morgan fingerprint density at radius 3 is 3.00 bits per heavy atom. The lowest BCUT2D eigenvalue weighted by Gasteiger charge is -2.12. The molecule has 1 fully saturated rings. The number of carbonyl (C=O) groups excluding carboxylic acids is 2. The summed E-state index contributed by atoms with van der Waals surface area (Å²) >= 11 is 4.36. The number of fused-ring (bicyclic) bond motifs is 1. The first-order valence-electron chi connectivity index (χ1n) is 8.11. The predicted octanol–water partition coefficient (Wildman–Crippen LogP) is 4.50. The van der Waals surface area contributed by atoms with Crippen molar-refractivity contribution in [3.05, 3.63) is 40.9 Å². The van der Waals surface area contributed by atoms with Crippen LogP contribution in [0.1, 0.15) is 19.8 Å². The van der Waals surface area contributed by atoms with Crippen molar-refractivity contribution < 1.29 is 9.59 Å². The van der Waals surface area contributed by atoms with Crippen LogP contribution in [-0.2, 0) is 4.79 Å². The van der Waals surface area contributed by atoms with Gasteiger partial charge in [-0.05, 0) is 53.7 Å². The molecular weight excluding hydrogens is 374 g/mol. The van der Waals surface area contributed by atoms with Crippen molar-refractivity contribution in [2.24, 2.45) is 0 Å². The zero-order valence-corrected chi connectivity index (χ0v) is 16.3. The molecule has 5 nitrogen and oxygen atoms in total. The van der Waals surface area contributed by atoms with Gasteiger partial charge >= 0.3 is 0 Å². The topological polar surface area (TPSA) is 54.7 Å². The van der Waals surface area contributed by atoms with Crippen molar-refractivity contribution in [3.63, 3.8) is 0 Å². The van der Waals surface area contributed by atoms with Gasteiger partial charge in [-0.15, -0.1) is 23.5 Å². The van der Waals surface area contributed by atoms with Gasteiger partial charge in [0.2, 0.25) is 0 Å². The predicted molar refractivity (Wildman–Crippen MR) is 106 cm³/mol. The Hall–Kier alpha value is -1.38. The third-order valence-electron chi connectivity index (χ3n) is 3.65. The molecule has 0 unspecified atom stereocenters. The number of pyridine rings is 1. The maximum atomic E-state index is 12.2. The maximum absolute atomic E-state index is 12.2. The summed E-state index contributed by atoms with van der Waals surface area (Å²) in [5, 5.41) is 2.80. The Morgan fingerprint density at radius 1 is 1.28 bits per heavy atom. The van der Waals surface area contributed by atoms with Crippen molar-refractivity contribution in [1.29, 1.82) is 0 Å². The van der Waals surface area contributed by atoms with Gasteiger partial charge in [-0.1, -0.05) is 13.0 Å². The maximum Gasteiger partial charge on any atom is 0.293 e. The number of imidazole rings is 1. The summed E-state index contributed by atoms with van der Waals surface area (Å²) in [6, 6.07) is 6.06. The summed E-state index contributed by atoms with van der Waals surface area (Å²) in [6.45, 7) is 2.52. The number of rotatable bonds is 8. The third-order valence-corrected chi connectivity index (χ3v) is 6.56. The smallest absolute Gasteiger partial charge is 0.293 e. The number of carbonyl (C=O) groups is 2. The Kier molecular flexibility index (Phi) is 6.50. The van der Waals surface area contributed by atoms with E-state index in [4.69, 9.17) is 0 Å². The largest absolute Gasteiger partial charge is 0.294 e. The molecule has 25 heavy (non-hydrogen) atoms. The molecule has 0 spiro atoms. The van der Waals surface area contributed by atoms with E-state index in [2.05, 4.69) is 15.5 Å². The lowest BCUT2D eigenvalue weighted by molar-refractivity contribution is -0.122. The van der Waals surface area contributed by atoms with Crippen molar-refractivity contribution in [3.8, 4) is 0 Å². The molecule has 1 aliphatic rings.